The van der Waals surface area contributed by atoms with E-state index in [1.54, 1.807) is 4.68 Å². The first-order chi connectivity index (χ1) is 11.3. The third-order valence-electron chi connectivity index (χ3n) is 4.33. The summed E-state index contributed by atoms with van der Waals surface area (Å²) in [5.41, 5.74) is 0.362. The molecule has 2 aromatic rings. The molecule has 0 amide bonds. The molecule has 2 aromatic heterocycles. The maximum absolute atomic E-state index is 11.9. The molecule has 1 fully saturated rings. The minimum atomic E-state index is -3.09. The fourth-order valence-corrected chi connectivity index (χ4v) is 5.28. The van der Waals surface area contributed by atoms with Crippen LogP contribution < -0.4 is 5.32 Å². The number of nitrogens with zero attached hydrogens (tertiary/aromatic N) is 4. The fraction of sp³-hybridized carbons (Fsp3) is 0.643. The van der Waals surface area contributed by atoms with Gasteiger partial charge in [-0.15, -0.1) is 0 Å². The predicted octanol–water partition coefficient (Wildman–Crippen LogP) is 1.38. The Balaban J connectivity index is 1.87. The van der Waals surface area contributed by atoms with Crippen molar-refractivity contribution in [2.24, 2.45) is 12.5 Å². The van der Waals surface area contributed by atoms with Crippen molar-refractivity contribution in [3.8, 4) is 0 Å². The van der Waals surface area contributed by atoms with E-state index < -0.39 is 9.84 Å². The number of hydrogen-bond acceptors (Lipinski definition) is 7. The lowest BCUT2D eigenvalue weighted by molar-refractivity contribution is 0.0315. The normalized spacial score (nSPS) is 18.0. The van der Waals surface area contributed by atoms with E-state index in [9.17, 15) is 8.42 Å². The van der Waals surface area contributed by atoms with Crippen LogP contribution in [0.1, 0.15) is 12.8 Å². The van der Waals surface area contributed by atoms with Gasteiger partial charge in [-0.1, -0.05) is 0 Å². The average molecular weight is 418 g/mol. The molecule has 1 aliphatic heterocycles. The van der Waals surface area contributed by atoms with Gasteiger partial charge in [0.1, 0.15) is 26.6 Å². The highest BCUT2D eigenvalue weighted by Gasteiger charge is 2.36. The first-order valence-electron chi connectivity index (χ1n) is 7.62. The molecule has 0 radical (unpaired) electrons. The molecule has 10 heteroatoms. The van der Waals surface area contributed by atoms with E-state index in [0.717, 1.165) is 5.39 Å². The summed E-state index contributed by atoms with van der Waals surface area (Å²) in [4.78, 5) is 8.54. The number of hydrogen-bond donors (Lipinski definition) is 1. The molecule has 1 N–H and O–H groups in total. The summed E-state index contributed by atoms with van der Waals surface area (Å²) < 4.78 is 31.5. The lowest BCUT2D eigenvalue weighted by atomic mass is 9.82. The largest absolute Gasteiger partial charge is 0.381 e. The van der Waals surface area contributed by atoms with E-state index in [1.165, 1.54) is 12.6 Å². The first-order valence-corrected chi connectivity index (χ1v) is 10.5. The van der Waals surface area contributed by atoms with Gasteiger partial charge in [0.25, 0.3) is 0 Å². The molecule has 0 saturated carbocycles. The Morgan fingerprint density at radius 2 is 2.08 bits per heavy atom. The Morgan fingerprint density at radius 3 is 2.75 bits per heavy atom. The number of anilines is 1. The van der Waals surface area contributed by atoms with Crippen molar-refractivity contribution in [3.63, 3.8) is 0 Å². The molecule has 0 atom stereocenters. The number of rotatable bonds is 5. The van der Waals surface area contributed by atoms with Crippen LogP contribution in [-0.2, 0) is 21.6 Å². The summed E-state index contributed by atoms with van der Waals surface area (Å²) in [6, 6.07) is 0. The smallest absolute Gasteiger partial charge is 0.164 e. The molecule has 3 rings (SSSR count). The van der Waals surface area contributed by atoms with E-state index >= 15 is 0 Å². The van der Waals surface area contributed by atoms with Crippen molar-refractivity contribution >= 4 is 42.6 Å². The number of nitrogens with one attached hydrogen (secondary N) is 1. The summed E-state index contributed by atoms with van der Waals surface area (Å²) in [5, 5.41) is 8.41. The number of aromatic nitrogens is 4. The van der Waals surface area contributed by atoms with Crippen molar-refractivity contribution in [1.82, 2.24) is 19.7 Å². The number of fused-ring (bicyclic) bond motifs is 1. The van der Waals surface area contributed by atoms with Crippen LogP contribution in [0.15, 0.2) is 10.9 Å². The Morgan fingerprint density at radius 1 is 1.38 bits per heavy atom. The molecule has 132 valence electrons. The second-order valence-corrected chi connectivity index (χ2v) is 9.26. The highest BCUT2D eigenvalue weighted by molar-refractivity contribution is 9.10. The van der Waals surface area contributed by atoms with Crippen LogP contribution in [0.4, 0.5) is 5.82 Å². The molecule has 0 spiro atoms. The van der Waals surface area contributed by atoms with E-state index in [0.29, 0.717) is 48.7 Å². The maximum atomic E-state index is 11.9. The van der Waals surface area contributed by atoms with E-state index in [-0.39, 0.29) is 11.2 Å². The van der Waals surface area contributed by atoms with Gasteiger partial charge in [0.05, 0.1) is 11.1 Å². The molecular weight excluding hydrogens is 398 g/mol. The number of sulfone groups is 1. The molecule has 0 aliphatic carbocycles. The van der Waals surface area contributed by atoms with E-state index in [2.05, 4.69) is 36.3 Å². The standard InChI is InChI=1S/C14H20BrN5O3S/c1-20-13-10(11(15)19-20)12(17-9-18-13)16-7-14(8-24(2,21)22)3-5-23-6-4-14/h9H,3-8H2,1-2H3,(H,16,17,18). The van der Waals surface area contributed by atoms with Gasteiger partial charge >= 0.3 is 0 Å². The summed E-state index contributed by atoms with van der Waals surface area (Å²) in [7, 11) is -1.27. The summed E-state index contributed by atoms with van der Waals surface area (Å²) in [5.74, 6) is 0.790. The van der Waals surface area contributed by atoms with Crippen LogP contribution in [0.2, 0.25) is 0 Å². The van der Waals surface area contributed by atoms with Gasteiger partial charge in [-0.3, -0.25) is 0 Å². The van der Waals surface area contributed by atoms with Gasteiger partial charge in [-0.05, 0) is 28.8 Å². The Bertz CT molecular complexity index is 845. The van der Waals surface area contributed by atoms with Crippen molar-refractivity contribution < 1.29 is 13.2 Å². The zero-order chi connectivity index (χ0) is 17.4. The topological polar surface area (TPSA) is 99.0 Å². The summed E-state index contributed by atoms with van der Waals surface area (Å²) >= 11 is 3.43. The zero-order valence-corrected chi connectivity index (χ0v) is 16.0. The first kappa shape index (κ1) is 17.6. The quantitative estimate of drug-likeness (QED) is 0.783. The van der Waals surface area contributed by atoms with Gasteiger partial charge in [0.15, 0.2) is 5.65 Å². The lowest BCUT2D eigenvalue weighted by Crippen LogP contribution is -2.41. The van der Waals surface area contributed by atoms with Crippen molar-refractivity contribution in [2.75, 3.05) is 37.1 Å². The van der Waals surface area contributed by atoms with E-state index in [4.69, 9.17) is 4.74 Å². The van der Waals surface area contributed by atoms with Gasteiger partial charge in [0, 0.05) is 38.5 Å². The molecule has 1 saturated heterocycles. The summed E-state index contributed by atoms with van der Waals surface area (Å²) in [6.07, 6.45) is 4.17. The van der Waals surface area contributed by atoms with Crippen LogP contribution in [0, 0.1) is 5.41 Å². The predicted molar refractivity (Wildman–Crippen MR) is 94.7 cm³/mol. The number of halogens is 1. The molecule has 0 bridgehead atoms. The molecule has 0 unspecified atom stereocenters. The molecule has 0 aromatic carbocycles. The second kappa shape index (κ2) is 6.57. The molecule has 1 aliphatic rings. The highest BCUT2D eigenvalue weighted by atomic mass is 79.9. The van der Waals surface area contributed by atoms with Crippen LogP contribution in [-0.4, -0.2) is 59.9 Å². The van der Waals surface area contributed by atoms with Crippen LogP contribution >= 0.6 is 15.9 Å². The number of aryl methyl sites for hydroxylation is 1. The lowest BCUT2D eigenvalue weighted by Gasteiger charge is -2.36. The highest BCUT2D eigenvalue weighted by Crippen LogP contribution is 2.34. The number of ether oxygens (including phenoxy) is 1. The molecular formula is C14H20BrN5O3S. The summed E-state index contributed by atoms with van der Waals surface area (Å²) in [6.45, 7) is 1.66. The monoisotopic (exact) mass is 417 g/mol. The third-order valence-corrected chi connectivity index (χ3v) is 6.02. The fourth-order valence-electron chi connectivity index (χ4n) is 3.18. The third kappa shape index (κ3) is 3.70. The van der Waals surface area contributed by atoms with E-state index in [1.807, 2.05) is 7.05 Å². The Hall–Kier alpha value is -1.26. The minimum Gasteiger partial charge on any atom is -0.381 e. The zero-order valence-electron chi connectivity index (χ0n) is 13.6. The Labute approximate surface area is 149 Å². The molecule has 24 heavy (non-hydrogen) atoms. The van der Waals surface area contributed by atoms with Crippen LogP contribution in [0.25, 0.3) is 11.0 Å². The van der Waals surface area contributed by atoms with Crippen LogP contribution in [0.5, 0.6) is 0 Å². The van der Waals surface area contributed by atoms with Crippen LogP contribution in [0.3, 0.4) is 0 Å². The van der Waals surface area contributed by atoms with Gasteiger partial charge < -0.3 is 10.1 Å². The van der Waals surface area contributed by atoms with Crippen molar-refractivity contribution in [1.29, 1.82) is 0 Å². The Kier molecular flexibility index (Phi) is 4.80. The van der Waals surface area contributed by atoms with Crippen molar-refractivity contribution in [3.05, 3.63) is 10.9 Å². The van der Waals surface area contributed by atoms with Gasteiger partial charge in [-0.2, -0.15) is 5.10 Å². The maximum Gasteiger partial charge on any atom is 0.164 e. The van der Waals surface area contributed by atoms with Gasteiger partial charge in [-0.25, -0.2) is 23.1 Å². The van der Waals surface area contributed by atoms with Crippen molar-refractivity contribution in [2.45, 2.75) is 12.8 Å². The SMILES string of the molecule is Cn1nc(Br)c2c(NCC3(CS(C)(=O)=O)CCOCC3)ncnc21. The second-order valence-electron chi connectivity index (χ2n) is 6.37. The molecule has 8 nitrogen and oxygen atoms in total. The molecule has 3 heterocycles. The average Bonchev–Trinajstić information content (AvgIpc) is 2.80. The van der Waals surface area contributed by atoms with Gasteiger partial charge in [0.2, 0.25) is 0 Å². The minimum absolute atomic E-state index is 0.138.